The van der Waals surface area contributed by atoms with Gasteiger partial charge in [0.25, 0.3) is 5.89 Å². The molecule has 0 aromatic carbocycles. The zero-order chi connectivity index (χ0) is 16.8. The lowest BCUT2D eigenvalue weighted by Gasteiger charge is -2.34. The molecule has 3 heterocycles. The molecular weight excluding hydrogens is 384 g/mol. The molecule has 0 amide bonds. The summed E-state index contributed by atoms with van der Waals surface area (Å²) in [6.45, 7) is 1.14. The Hall–Kier alpha value is -1.00. The zero-order valence-electron chi connectivity index (χ0n) is 13.7. The van der Waals surface area contributed by atoms with Crippen LogP contribution in [-0.2, 0) is 15.6 Å². The summed E-state index contributed by atoms with van der Waals surface area (Å²) in [7, 11) is -3.53. The average molecular weight is 405 g/mol. The predicted molar refractivity (Wildman–Crippen MR) is 97.2 cm³/mol. The van der Waals surface area contributed by atoms with Gasteiger partial charge < -0.3 is 10.3 Å². The molecule has 2 aliphatic rings. The molecule has 1 saturated heterocycles. The first-order chi connectivity index (χ1) is 11.5. The predicted octanol–water partition coefficient (Wildman–Crippen LogP) is 2.73. The molecule has 25 heavy (non-hydrogen) atoms. The Morgan fingerprint density at radius 2 is 1.92 bits per heavy atom. The summed E-state index contributed by atoms with van der Waals surface area (Å²) in [6.07, 6.45) is 5.59. The highest BCUT2D eigenvalue weighted by molar-refractivity contribution is 7.89. The van der Waals surface area contributed by atoms with E-state index in [9.17, 15) is 8.42 Å². The Labute approximate surface area is 157 Å². The van der Waals surface area contributed by atoms with Crippen molar-refractivity contribution in [2.45, 2.75) is 49.0 Å². The normalized spacial score (nSPS) is 20.7. The molecule has 0 radical (unpaired) electrons. The molecule has 1 aliphatic carbocycles. The van der Waals surface area contributed by atoms with E-state index in [2.05, 4.69) is 10.1 Å². The lowest BCUT2D eigenvalue weighted by atomic mass is 9.77. The maximum absolute atomic E-state index is 12.9. The fourth-order valence-corrected chi connectivity index (χ4v) is 6.03. The monoisotopic (exact) mass is 404 g/mol. The fraction of sp³-hybridized carbons (Fsp3) is 0.600. The highest BCUT2D eigenvalue weighted by Gasteiger charge is 2.40. The van der Waals surface area contributed by atoms with E-state index in [0.717, 1.165) is 38.5 Å². The van der Waals surface area contributed by atoms with Gasteiger partial charge in [-0.3, -0.25) is 0 Å². The number of aromatic nitrogens is 2. The van der Waals surface area contributed by atoms with Crippen molar-refractivity contribution in [1.82, 2.24) is 14.4 Å². The van der Waals surface area contributed by atoms with E-state index in [1.807, 2.05) is 0 Å². The number of sulfonamides is 1. The summed E-state index contributed by atoms with van der Waals surface area (Å²) >= 11 is 1.30. The van der Waals surface area contributed by atoms with Crippen molar-refractivity contribution in [3.05, 3.63) is 17.3 Å². The van der Waals surface area contributed by atoms with Crippen LogP contribution in [0.5, 0.6) is 0 Å². The number of rotatable bonds is 4. The van der Waals surface area contributed by atoms with Gasteiger partial charge in [0.05, 0.1) is 5.54 Å². The summed E-state index contributed by atoms with van der Waals surface area (Å²) in [5.41, 5.74) is 5.70. The van der Waals surface area contributed by atoms with Crippen LogP contribution in [0.15, 0.2) is 20.9 Å². The second-order valence-corrected chi connectivity index (χ2v) is 9.33. The highest BCUT2D eigenvalue weighted by atomic mass is 35.5. The third-order valence-electron chi connectivity index (χ3n) is 4.87. The second-order valence-electron chi connectivity index (χ2n) is 6.51. The molecule has 138 valence electrons. The minimum atomic E-state index is -3.53. The van der Waals surface area contributed by atoms with E-state index in [-0.39, 0.29) is 23.2 Å². The molecule has 2 aromatic rings. The molecule has 1 saturated carbocycles. The molecule has 0 atom stereocenters. The van der Waals surface area contributed by atoms with Gasteiger partial charge in [-0.1, -0.05) is 11.6 Å². The summed E-state index contributed by atoms with van der Waals surface area (Å²) in [5, 5.41) is 5.74. The van der Waals surface area contributed by atoms with Gasteiger partial charge >= 0.3 is 0 Å². The van der Waals surface area contributed by atoms with Crippen molar-refractivity contribution in [3.63, 3.8) is 0 Å². The SMILES string of the molecule is Cl.NC1(c2noc(-c3sccc3S(=O)(=O)N3CCCCC3)n2)CCC1. The highest BCUT2D eigenvalue weighted by Crippen LogP contribution is 2.39. The van der Waals surface area contributed by atoms with Gasteiger partial charge in [0.2, 0.25) is 10.0 Å². The zero-order valence-corrected chi connectivity index (χ0v) is 16.1. The average Bonchev–Trinajstić information content (AvgIpc) is 3.22. The smallest absolute Gasteiger partial charge is 0.269 e. The van der Waals surface area contributed by atoms with E-state index in [0.29, 0.717) is 23.8 Å². The molecular formula is C15H21ClN4O3S2. The number of halogens is 1. The van der Waals surface area contributed by atoms with Gasteiger partial charge in [0.15, 0.2) is 5.82 Å². The summed E-state index contributed by atoms with van der Waals surface area (Å²) in [6, 6.07) is 1.62. The van der Waals surface area contributed by atoms with Gasteiger partial charge in [-0.05, 0) is 43.6 Å². The number of nitrogens with zero attached hydrogens (tertiary/aromatic N) is 3. The van der Waals surface area contributed by atoms with Crippen LogP contribution in [0.2, 0.25) is 0 Å². The maximum atomic E-state index is 12.9. The van der Waals surface area contributed by atoms with Gasteiger partial charge in [-0.15, -0.1) is 23.7 Å². The van der Waals surface area contributed by atoms with Crippen LogP contribution in [0.4, 0.5) is 0 Å². The Morgan fingerprint density at radius 1 is 1.20 bits per heavy atom. The fourth-order valence-electron chi connectivity index (χ4n) is 3.20. The number of nitrogens with two attached hydrogens (primary N) is 1. The van der Waals surface area contributed by atoms with Crippen molar-refractivity contribution in [3.8, 4) is 10.8 Å². The minimum absolute atomic E-state index is 0. The summed E-state index contributed by atoms with van der Waals surface area (Å²) in [4.78, 5) is 5.15. The quantitative estimate of drug-likeness (QED) is 0.840. The molecule has 2 aromatic heterocycles. The first-order valence-electron chi connectivity index (χ1n) is 8.22. The molecule has 7 nitrogen and oxygen atoms in total. The van der Waals surface area contributed by atoms with E-state index in [4.69, 9.17) is 10.3 Å². The van der Waals surface area contributed by atoms with Crippen LogP contribution in [-0.4, -0.2) is 36.0 Å². The minimum Gasteiger partial charge on any atom is -0.333 e. The Morgan fingerprint density at radius 3 is 2.56 bits per heavy atom. The van der Waals surface area contributed by atoms with Crippen LogP contribution in [0.25, 0.3) is 10.8 Å². The van der Waals surface area contributed by atoms with Gasteiger partial charge in [0, 0.05) is 13.1 Å². The van der Waals surface area contributed by atoms with Crippen molar-refractivity contribution in [2.24, 2.45) is 5.73 Å². The van der Waals surface area contributed by atoms with Crippen LogP contribution in [0.1, 0.15) is 44.3 Å². The van der Waals surface area contributed by atoms with Gasteiger partial charge in [0.1, 0.15) is 9.77 Å². The van der Waals surface area contributed by atoms with Gasteiger partial charge in [-0.2, -0.15) is 9.29 Å². The van der Waals surface area contributed by atoms with E-state index >= 15 is 0 Å². The van der Waals surface area contributed by atoms with E-state index < -0.39 is 15.6 Å². The molecule has 10 heteroatoms. The van der Waals surface area contributed by atoms with E-state index in [1.165, 1.54) is 11.3 Å². The van der Waals surface area contributed by atoms with Crippen molar-refractivity contribution < 1.29 is 12.9 Å². The topological polar surface area (TPSA) is 102 Å². The van der Waals surface area contributed by atoms with Crippen LogP contribution < -0.4 is 5.73 Å². The Balaban J connectivity index is 0.00000182. The third-order valence-corrected chi connectivity index (χ3v) is 7.85. The largest absolute Gasteiger partial charge is 0.333 e. The lowest BCUT2D eigenvalue weighted by molar-refractivity contribution is 0.229. The maximum Gasteiger partial charge on any atom is 0.269 e. The molecule has 2 N–H and O–H groups in total. The van der Waals surface area contributed by atoms with Crippen LogP contribution in [0, 0.1) is 0 Å². The summed E-state index contributed by atoms with van der Waals surface area (Å²) < 4.78 is 32.8. The van der Waals surface area contributed by atoms with Crippen molar-refractivity contribution in [2.75, 3.05) is 13.1 Å². The first-order valence-corrected chi connectivity index (χ1v) is 10.5. The molecule has 0 bridgehead atoms. The summed E-state index contributed by atoms with van der Waals surface area (Å²) in [5.74, 6) is 0.714. The van der Waals surface area contributed by atoms with Crippen LogP contribution >= 0.6 is 23.7 Å². The number of thiophene rings is 1. The number of hydrogen-bond acceptors (Lipinski definition) is 7. The number of hydrogen-bond donors (Lipinski definition) is 1. The molecule has 2 fully saturated rings. The molecule has 0 unspecified atom stereocenters. The second kappa shape index (κ2) is 6.96. The van der Waals surface area contributed by atoms with Gasteiger partial charge in [-0.25, -0.2) is 8.42 Å². The molecule has 4 rings (SSSR count). The first kappa shape index (κ1) is 18.8. The standard InChI is InChI=1S/C15H20N4O3S2.ClH/c16-15(6-4-7-15)14-17-13(22-18-14)12-11(5-10-23-12)24(20,21)19-8-2-1-3-9-19;/h5,10H,1-4,6-9,16H2;1H. The van der Waals surface area contributed by atoms with Crippen molar-refractivity contribution >= 4 is 33.8 Å². The lowest BCUT2D eigenvalue weighted by Crippen LogP contribution is -2.44. The molecule has 1 aliphatic heterocycles. The van der Waals surface area contributed by atoms with Crippen molar-refractivity contribution in [1.29, 1.82) is 0 Å². The van der Waals surface area contributed by atoms with Crippen LogP contribution in [0.3, 0.4) is 0 Å². The third kappa shape index (κ3) is 3.23. The Kier molecular flexibility index (Phi) is 5.23. The number of piperidine rings is 1. The van der Waals surface area contributed by atoms with E-state index in [1.54, 1.807) is 15.8 Å². The molecule has 0 spiro atoms. The Bertz CT molecular complexity index is 839.